The molecule has 1 unspecified atom stereocenters. The maximum absolute atomic E-state index is 12.4. The minimum atomic E-state index is -4.39. The summed E-state index contributed by atoms with van der Waals surface area (Å²) in [5, 5.41) is -0.286. The van der Waals surface area contributed by atoms with E-state index in [2.05, 4.69) is 20.8 Å². The molecule has 1 aromatic heterocycles. The SMILES string of the molecule is CC(C)(C)OC(=O)n1cc2c(c1)C1=C3C(CCC1)CCCN3C2.FC(F)(F)c1cc(Br)ccc1Cl. The van der Waals surface area contributed by atoms with Gasteiger partial charge in [-0.15, -0.1) is 0 Å². The Hall–Kier alpha value is -1.93. The smallest absolute Gasteiger partial charge is 0.418 e. The Morgan fingerprint density at radius 1 is 1.14 bits per heavy atom. The number of fused-ring (bicyclic) bond motifs is 2. The maximum Gasteiger partial charge on any atom is 0.418 e. The second kappa shape index (κ2) is 9.85. The number of piperidine rings is 1. The molecule has 190 valence electrons. The molecule has 0 radical (unpaired) electrons. The van der Waals surface area contributed by atoms with Crippen molar-refractivity contribution in [3.05, 3.63) is 62.5 Å². The third-order valence-electron chi connectivity index (χ3n) is 6.43. The molecule has 3 aliphatic rings. The second-order valence-electron chi connectivity index (χ2n) is 10.2. The Labute approximate surface area is 217 Å². The van der Waals surface area contributed by atoms with Crippen molar-refractivity contribution in [2.75, 3.05) is 6.54 Å². The maximum atomic E-state index is 12.4. The lowest BCUT2D eigenvalue weighted by atomic mass is 9.77. The minimum Gasteiger partial charge on any atom is -0.443 e. The number of halogens is 5. The number of aromatic nitrogens is 1. The zero-order valence-electron chi connectivity index (χ0n) is 20.0. The largest absolute Gasteiger partial charge is 0.443 e. The average Bonchev–Trinajstić information content (AvgIpc) is 3.19. The van der Waals surface area contributed by atoms with Gasteiger partial charge in [0.1, 0.15) is 5.60 Å². The quantitative estimate of drug-likeness (QED) is 0.317. The fourth-order valence-corrected chi connectivity index (χ4v) is 5.67. The van der Waals surface area contributed by atoms with Crippen molar-refractivity contribution >= 4 is 39.2 Å². The summed E-state index contributed by atoms with van der Waals surface area (Å²) >= 11 is 8.27. The van der Waals surface area contributed by atoms with Gasteiger partial charge in [-0.05, 0) is 88.1 Å². The van der Waals surface area contributed by atoms with Gasteiger partial charge in [-0.1, -0.05) is 27.5 Å². The van der Waals surface area contributed by atoms with Crippen molar-refractivity contribution in [2.24, 2.45) is 5.92 Å². The number of allylic oxidation sites excluding steroid dienone is 2. The van der Waals surface area contributed by atoms with Crippen molar-refractivity contribution in [1.29, 1.82) is 0 Å². The monoisotopic (exact) mass is 572 g/mol. The van der Waals surface area contributed by atoms with E-state index in [9.17, 15) is 18.0 Å². The molecule has 35 heavy (non-hydrogen) atoms. The van der Waals surface area contributed by atoms with Crippen molar-refractivity contribution in [2.45, 2.75) is 71.2 Å². The Morgan fingerprint density at radius 2 is 1.86 bits per heavy atom. The molecule has 1 aliphatic carbocycles. The Balaban J connectivity index is 0.000000204. The van der Waals surface area contributed by atoms with Crippen molar-refractivity contribution in [1.82, 2.24) is 9.47 Å². The molecule has 5 rings (SSSR count). The second-order valence-corrected chi connectivity index (χ2v) is 11.5. The van der Waals surface area contributed by atoms with E-state index in [0.717, 1.165) is 31.5 Å². The van der Waals surface area contributed by atoms with Crippen LogP contribution < -0.4 is 0 Å². The number of rotatable bonds is 0. The molecular weight excluding hydrogens is 545 g/mol. The Morgan fingerprint density at radius 3 is 2.51 bits per heavy atom. The van der Waals surface area contributed by atoms with Crippen LogP contribution in [-0.4, -0.2) is 27.7 Å². The number of hydrogen-bond acceptors (Lipinski definition) is 3. The minimum absolute atomic E-state index is 0.275. The Bertz CT molecular complexity index is 1150. The van der Waals surface area contributed by atoms with Crippen LogP contribution in [0.2, 0.25) is 5.02 Å². The van der Waals surface area contributed by atoms with E-state index >= 15 is 0 Å². The normalized spacial score (nSPS) is 19.4. The Kier molecular flexibility index (Phi) is 7.36. The zero-order chi connectivity index (χ0) is 25.5. The lowest BCUT2D eigenvalue weighted by molar-refractivity contribution is -0.137. The van der Waals surface area contributed by atoms with Gasteiger partial charge in [0.05, 0.1) is 10.6 Å². The third kappa shape index (κ3) is 5.91. The van der Waals surface area contributed by atoms with Gasteiger partial charge in [-0.3, -0.25) is 4.57 Å². The molecule has 9 heteroatoms. The van der Waals surface area contributed by atoms with Gasteiger partial charge < -0.3 is 9.64 Å². The molecule has 1 fully saturated rings. The molecule has 3 heterocycles. The number of carbonyl (C=O) groups excluding carboxylic acids is 1. The lowest BCUT2D eigenvalue weighted by Crippen LogP contribution is -2.37. The topological polar surface area (TPSA) is 34.5 Å². The molecule has 0 saturated carbocycles. The molecule has 2 aliphatic heterocycles. The summed E-state index contributed by atoms with van der Waals surface area (Å²) in [4.78, 5) is 14.9. The van der Waals surface area contributed by atoms with Gasteiger partial charge >= 0.3 is 12.3 Å². The van der Waals surface area contributed by atoms with E-state index in [1.165, 1.54) is 54.5 Å². The molecule has 2 aromatic rings. The zero-order valence-corrected chi connectivity index (χ0v) is 22.4. The third-order valence-corrected chi connectivity index (χ3v) is 7.25. The highest BCUT2D eigenvalue weighted by molar-refractivity contribution is 9.10. The predicted octanol–water partition coefficient (Wildman–Crippen LogP) is 8.51. The van der Waals surface area contributed by atoms with E-state index < -0.39 is 17.3 Å². The van der Waals surface area contributed by atoms with Crippen LogP contribution in [-0.2, 0) is 17.5 Å². The van der Waals surface area contributed by atoms with Crippen molar-refractivity contribution in [3.63, 3.8) is 0 Å². The predicted molar refractivity (Wildman–Crippen MR) is 134 cm³/mol. The van der Waals surface area contributed by atoms with Crippen LogP contribution in [0.15, 0.2) is 40.8 Å². The van der Waals surface area contributed by atoms with E-state index in [-0.39, 0.29) is 11.1 Å². The highest BCUT2D eigenvalue weighted by atomic mass is 79.9. The summed E-state index contributed by atoms with van der Waals surface area (Å²) in [6.45, 7) is 7.83. The molecule has 1 aromatic carbocycles. The van der Waals surface area contributed by atoms with E-state index in [1.807, 2.05) is 33.2 Å². The fraction of sp³-hybridized carbons (Fsp3) is 0.500. The molecule has 1 atom stereocenters. The summed E-state index contributed by atoms with van der Waals surface area (Å²) in [5.74, 6) is 0.741. The molecule has 0 amide bonds. The first kappa shape index (κ1) is 26.1. The van der Waals surface area contributed by atoms with Crippen LogP contribution in [0.1, 0.15) is 69.6 Å². The summed E-state index contributed by atoms with van der Waals surface area (Å²) in [6.07, 6.45) is 5.69. The van der Waals surface area contributed by atoms with Crippen LogP contribution in [0.4, 0.5) is 18.0 Å². The number of hydrogen-bond donors (Lipinski definition) is 0. The highest BCUT2D eigenvalue weighted by Gasteiger charge is 2.36. The number of alkyl halides is 3. The lowest BCUT2D eigenvalue weighted by Gasteiger charge is -2.44. The van der Waals surface area contributed by atoms with E-state index in [0.29, 0.717) is 4.47 Å². The van der Waals surface area contributed by atoms with Gasteiger partial charge in [-0.25, -0.2) is 4.79 Å². The number of nitrogens with zero attached hydrogens (tertiary/aromatic N) is 2. The van der Waals surface area contributed by atoms with Gasteiger partial charge in [0, 0.05) is 41.2 Å². The molecule has 0 bridgehead atoms. The number of carbonyl (C=O) groups is 1. The fourth-order valence-electron chi connectivity index (χ4n) is 5.09. The van der Waals surface area contributed by atoms with Crippen LogP contribution in [0.25, 0.3) is 5.57 Å². The summed E-state index contributed by atoms with van der Waals surface area (Å²) in [6, 6.07) is 3.61. The van der Waals surface area contributed by atoms with Gasteiger partial charge in [0.25, 0.3) is 0 Å². The van der Waals surface area contributed by atoms with Crippen molar-refractivity contribution < 1.29 is 22.7 Å². The van der Waals surface area contributed by atoms with Crippen LogP contribution in [0, 0.1) is 5.92 Å². The van der Waals surface area contributed by atoms with Crippen molar-refractivity contribution in [3.8, 4) is 0 Å². The first-order valence-electron chi connectivity index (χ1n) is 11.8. The standard InChI is InChI=1S/C19H26N2O2.C7H3BrClF3/c1-19(2,3)23-18(22)21-11-14-10-20-9-5-7-13-6-4-8-15(17(13)20)16(14)12-21;8-4-1-2-6(9)5(3-4)7(10,11)12/h11-13H,4-10H2,1-3H3;1-3H. The van der Waals surface area contributed by atoms with Gasteiger partial charge in [0.2, 0.25) is 0 Å². The van der Waals surface area contributed by atoms with E-state index in [4.69, 9.17) is 16.3 Å². The molecular formula is C26H29BrClF3N2O2. The molecule has 0 spiro atoms. The first-order chi connectivity index (χ1) is 16.3. The highest BCUT2D eigenvalue weighted by Crippen LogP contribution is 2.46. The van der Waals surface area contributed by atoms with Gasteiger partial charge in [0.15, 0.2) is 0 Å². The summed E-state index contributed by atoms with van der Waals surface area (Å²) in [7, 11) is 0. The van der Waals surface area contributed by atoms with Crippen LogP contribution >= 0.6 is 27.5 Å². The van der Waals surface area contributed by atoms with Crippen LogP contribution in [0.3, 0.4) is 0 Å². The molecule has 4 nitrogen and oxygen atoms in total. The molecule has 1 saturated heterocycles. The summed E-state index contributed by atoms with van der Waals surface area (Å²) < 4.78 is 43.9. The summed E-state index contributed by atoms with van der Waals surface area (Å²) in [5.41, 5.74) is 4.35. The van der Waals surface area contributed by atoms with E-state index in [1.54, 1.807) is 10.3 Å². The first-order valence-corrected chi connectivity index (χ1v) is 13.0. The average molecular weight is 574 g/mol. The number of benzene rings is 1. The van der Waals surface area contributed by atoms with Crippen LogP contribution in [0.5, 0.6) is 0 Å². The van der Waals surface area contributed by atoms with Gasteiger partial charge in [-0.2, -0.15) is 13.2 Å². The number of ether oxygens (including phenoxy) is 1. The molecule has 0 N–H and O–H groups in total.